The standard InChI is InChI=1S/C28H33NO4/c1-20(16-27(31)32)23-17-24(19-26(30)29-12-14-33-15-13-29)28(22-10-6-3-7-11-22)25(18-23)21-8-4-2-5-9-21/h3,6-7,10-11,16-18,21H,2,4-5,8-9,12-15,19H2,1H3,(H,31,32). The van der Waals surface area contributed by atoms with Crippen LogP contribution in [0.5, 0.6) is 0 Å². The molecule has 0 unspecified atom stereocenters. The van der Waals surface area contributed by atoms with Crippen molar-refractivity contribution in [3.8, 4) is 11.1 Å². The summed E-state index contributed by atoms with van der Waals surface area (Å²) in [5.74, 6) is -0.435. The summed E-state index contributed by atoms with van der Waals surface area (Å²) in [5, 5.41) is 9.33. The zero-order valence-corrected chi connectivity index (χ0v) is 19.4. The average Bonchev–Trinajstić information content (AvgIpc) is 2.84. The minimum Gasteiger partial charge on any atom is -0.478 e. The first-order chi connectivity index (χ1) is 16.0. The number of benzene rings is 2. The molecule has 2 aromatic rings. The number of carboxylic acids is 1. The van der Waals surface area contributed by atoms with Crippen molar-refractivity contribution >= 4 is 17.4 Å². The van der Waals surface area contributed by atoms with Crippen molar-refractivity contribution < 1.29 is 19.4 Å². The number of morpholine rings is 1. The Kier molecular flexibility index (Phi) is 7.61. The summed E-state index contributed by atoms with van der Waals surface area (Å²) in [6, 6.07) is 14.5. The smallest absolute Gasteiger partial charge is 0.328 e. The van der Waals surface area contributed by atoms with Crippen LogP contribution in [-0.2, 0) is 20.7 Å². The number of allylic oxidation sites excluding steroid dienone is 1. The molecule has 33 heavy (non-hydrogen) atoms. The van der Waals surface area contributed by atoms with Crippen LogP contribution in [0, 0.1) is 0 Å². The van der Waals surface area contributed by atoms with Gasteiger partial charge in [-0.25, -0.2) is 4.79 Å². The number of ether oxygens (including phenoxy) is 1. The number of rotatable bonds is 6. The zero-order chi connectivity index (χ0) is 23.2. The fourth-order valence-corrected chi connectivity index (χ4v) is 5.14. The number of nitrogens with zero attached hydrogens (tertiary/aromatic N) is 1. The fourth-order valence-electron chi connectivity index (χ4n) is 5.14. The first-order valence-electron chi connectivity index (χ1n) is 12.0. The van der Waals surface area contributed by atoms with Gasteiger partial charge < -0.3 is 14.7 Å². The molecule has 1 amide bonds. The van der Waals surface area contributed by atoms with Crippen LogP contribution in [0.1, 0.15) is 61.6 Å². The van der Waals surface area contributed by atoms with E-state index >= 15 is 0 Å². The van der Waals surface area contributed by atoms with E-state index in [1.165, 1.54) is 30.9 Å². The predicted molar refractivity (Wildman–Crippen MR) is 130 cm³/mol. The molecule has 1 heterocycles. The molecule has 0 radical (unpaired) electrons. The van der Waals surface area contributed by atoms with Gasteiger partial charge in [0.15, 0.2) is 0 Å². The highest BCUT2D eigenvalue weighted by atomic mass is 16.5. The first kappa shape index (κ1) is 23.2. The Morgan fingerprint density at radius 3 is 2.42 bits per heavy atom. The summed E-state index contributed by atoms with van der Waals surface area (Å²) in [6.45, 7) is 4.22. The molecular weight excluding hydrogens is 414 g/mol. The minimum absolute atomic E-state index is 0.0992. The van der Waals surface area contributed by atoms with Crippen LogP contribution in [0.2, 0.25) is 0 Å². The molecule has 174 valence electrons. The summed E-state index contributed by atoms with van der Waals surface area (Å²) < 4.78 is 5.42. The lowest BCUT2D eigenvalue weighted by atomic mass is 9.77. The maximum Gasteiger partial charge on any atom is 0.328 e. The minimum atomic E-state index is -0.954. The van der Waals surface area contributed by atoms with E-state index in [1.54, 1.807) is 0 Å². The number of aliphatic carboxylic acids is 1. The van der Waals surface area contributed by atoms with E-state index in [9.17, 15) is 14.7 Å². The Morgan fingerprint density at radius 2 is 1.76 bits per heavy atom. The van der Waals surface area contributed by atoms with E-state index in [2.05, 4.69) is 18.2 Å². The molecule has 2 aliphatic rings. The van der Waals surface area contributed by atoms with Crippen LogP contribution in [0.15, 0.2) is 48.5 Å². The molecule has 0 aromatic heterocycles. The molecule has 1 aliphatic carbocycles. The zero-order valence-electron chi connectivity index (χ0n) is 19.4. The van der Waals surface area contributed by atoms with Gasteiger partial charge in [0.1, 0.15) is 0 Å². The summed E-state index contributed by atoms with van der Waals surface area (Å²) in [4.78, 5) is 26.5. The summed E-state index contributed by atoms with van der Waals surface area (Å²) >= 11 is 0. The van der Waals surface area contributed by atoms with Gasteiger partial charge in [-0.1, -0.05) is 61.7 Å². The summed E-state index contributed by atoms with van der Waals surface area (Å²) in [7, 11) is 0. The molecule has 2 fully saturated rings. The third kappa shape index (κ3) is 5.72. The lowest BCUT2D eigenvalue weighted by molar-refractivity contribution is -0.134. The van der Waals surface area contributed by atoms with Gasteiger partial charge in [-0.3, -0.25) is 4.79 Å². The van der Waals surface area contributed by atoms with Gasteiger partial charge in [0.05, 0.1) is 19.6 Å². The highest BCUT2D eigenvalue weighted by Crippen LogP contribution is 2.41. The third-order valence-electron chi connectivity index (χ3n) is 6.86. The van der Waals surface area contributed by atoms with Crippen LogP contribution in [0.3, 0.4) is 0 Å². The average molecular weight is 448 g/mol. The van der Waals surface area contributed by atoms with Gasteiger partial charge in [-0.2, -0.15) is 0 Å². The van der Waals surface area contributed by atoms with Crippen LogP contribution in [0.25, 0.3) is 16.7 Å². The lowest BCUT2D eigenvalue weighted by Gasteiger charge is -2.29. The Hall–Kier alpha value is -2.92. The molecule has 1 N–H and O–H groups in total. The highest BCUT2D eigenvalue weighted by molar-refractivity contribution is 5.91. The first-order valence-corrected chi connectivity index (χ1v) is 12.0. The van der Waals surface area contributed by atoms with Gasteiger partial charge in [0, 0.05) is 19.2 Å². The molecule has 5 heteroatoms. The molecule has 1 saturated heterocycles. The molecule has 5 nitrogen and oxygen atoms in total. The number of carbonyl (C=O) groups excluding carboxylic acids is 1. The Bertz CT molecular complexity index is 1020. The number of hydrogen-bond acceptors (Lipinski definition) is 3. The monoisotopic (exact) mass is 447 g/mol. The van der Waals surface area contributed by atoms with E-state index < -0.39 is 5.97 Å². The SMILES string of the molecule is CC(=CC(=O)O)c1cc(CC(=O)N2CCOCC2)c(-c2ccccc2)c(C2CCCCC2)c1. The second-order valence-electron chi connectivity index (χ2n) is 9.14. The van der Waals surface area contributed by atoms with Crippen molar-refractivity contribution in [3.63, 3.8) is 0 Å². The summed E-state index contributed by atoms with van der Waals surface area (Å²) in [6.07, 6.45) is 7.49. The number of carbonyl (C=O) groups is 2. The van der Waals surface area contributed by atoms with Gasteiger partial charge in [0.2, 0.25) is 5.91 Å². The van der Waals surface area contributed by atoms with Crippen molar-refractivity contribution in [2.24, 2.45) is 0 Å². The quantitative estimate of drug-likeness (QED) is 0.611. The molecule has 0 atom stereocenters. The normalized spacial score (nSPS) is 17.7. The molecular formula is C28H33NO4. The van der Waals surface area contributed by atoms with Crippen molar-refractivity contribution in [1.29, 1.82) is 0 Å². The Labute approximate surface area is 196 Å². The Balaban J connectivity index is 1.84. The van der Waals surface area contributed by atoms with Gasteiger partial charge in [-0.05, 0) is 59.1 Å². The highest BCUT2D eigenvalue weighted by Gasteiger charge is 2.25. The predicted octanol–water partition coefficient (Wildman–Crippen LogP) is 5.29. The van der Waals surface area contributed by atoms with E-state index in [4.69, 9.17) is 4.74 Å². The van der Waals surface area contributed by atoms with Gasteiger partial charge >= 0.3 is 5.97 Å². The molecule has 2 aromatic carbocycles. The van der Waals surface area contributed by atoms with E-state index in [1.807, 2.05) is 36.1 Å². The van der Waals surface area contributed by atoms with Crippen LogP contribution >= 0.6 is 0 Å². The number of amides is 1. The molecule has 1 aliphatic heterocycles. The third-order valence-corrected chi connectivity index (χ3v) is 6.86. The maximum atomic E-state index is 13.3. The number of carboxylic acid groups (broad SMARTS) is 1. The second-order valence-corrected chi connectivity index (χ2v) is 9.14. The van der Waals surface area contributed by atoms with Crippen LogP contribution in [0.4, 0.5) is 0 Å². The van der Waals surface area contributed by atoms with Gasteiger partial charge in [-0.15, -0.1) is 0 Å². The van der Waals surface area contributed by atoms with Crippen molar-refractivity contribution in [2.45, 2.75) is 51.4 Å². The Morgan fingerprint density at radius 1 is 1.06 bits per heavy atom. The fraction of sp³-hybridized carbons (Fsp3) is 0.429. The van der Waals surface area contributed by atoms with E-state index in [0.717, 1.165) is 35.1 Å². The largest absolute Gasteiger partial charge is 0.478 e. The van der Waals surface area contributed by atoms with Crippen LogP contribution < -0.4 is 0 Å². The maximum absolute atomic E-state index is 13.3. The number of hydrogen-bond donors (Lipinski definition) is 1. The van der Waals surface area contributed by atoms with E-state index in [-0.39, 0.29) is 5.91 Å². The molecule has 1 saturated carbocycles. The molecule has 0 bridgehead atoms. The summed E-state index contributed by atoms with van der Waals surface area (Å²) in [5.41, 5.74) is 6.10. The van der Waals surface area contributed by atoms with Crippen molar-refractivity contribution in [2.75, 3.05) is 26.3 Å². The second kappa shape index (κ2) is 10.8. The van der Waals surface area contributed by atoms with Crippen molar-refractivity contribution in [3.05, 3.63) is 65.2 Å². The lowest BCUT2D eigenvalue weighted by Crippen LogP contribution is -2.41. The molecule has 4 rings (SSSR count). The topological polar surface area (TPSA) is 66.8 Å². The van der Waals surface area contributed by atoms with Crippen LogP contribution in [-0.4, -0.2) is 48.2 Å². The van der Waals surface area contributed by atoms with E-state index in [0.29, 0.717) is 44.2 Å². The van der Waals surface area contributed by atoms with Crippen molar-refractivity contribution in [1.82, 2.24) is 4.90 Å². The molecule has 0 spiro atoms. The van der Waals surface area contributed by atoms with Gasteiger partial charge in [0.25, 0.3) is 0 Å².